The van der Waals surface area contributed by atoms with Crippen LogP contribution in [-0.4, -0.2) is 23.9 Å². The molecule has 0 aliphatic rings. The smallest absolute Gasteiger partial charge is 0.242 e. The number of carbonyl (C=O) groups excluding carboxylic acids is 2. The molecule has 0 radical (unpaired) electrons. The lowest BCUT2D eigenvalue weighted by Gasteiger charge is -2.18. The first kappa shape index (κ1) is 17.8. The Bertz CT molecular complexity index is 670. The standard InChI is InChI=1S/C16H19N3O2.ClH/c1-10(15(17)20)19-16(21)11(2)18-14-9-5-7-12-6-3-4-8-13(12)14;/h3-11,18H,1-2H3,(H2,17,20)(H,19,21);1H. The van der Waals surface area contributed by atoms with E-state index in [4.69, 9.17) is 5.73 Å². The van der Waals surface area contributed by atoms with E-state index in [1.54, 1.807) is 13.8 Å². The van der Waals surface area contributed by atoms with Crippen LogP contribution in [-0.2, 0) is 9.59 Å². The molecule has 0 bridgehead atoms. The van der Waals surface area contributed by atoms with Gasteiger partial charge in [0.2, 0.25) is 11.8 Å². The molecule has 0 fully saturated rings. The van der Waals surface area contributed by atoms with Gasteiger partial charge in [-0.2, -0.15) is 0 Å². The predicted octanol–water partition coefficient (Wildman–Crippen LogP) is 2.05. The molecule has 5 nitrogen and oxygen atoms in total. The third-order valence-corrected chi connectivity index (χ3v) is 3.34. The summed E-state index contributed by atoms with van der Waals surface area (Å²) in [4.78, 5) is 23.0. The van der Waals surface area contributed by atoms with Crippen molar-refractivity contribution in [3.63, 3.8) is 0 Å². The monoisotopic (exact) mass is 321 g/mol. The van der Waals surface area contributed by atoms with Crippen LogP contribution in [0, 0.1) is 0 Å². The Kier molecular flexibility index (Phi) is 6.19. The number of hydrogen-bond acceptors (Lipinski definition) is 3. The molecule has 2 aromatic rings. The van der Waals surface area contributed by atoms with Gasteiger partial charge in [-0.05, 0) is 25.3 Å². The van der Waals surface area contributed by atoms with Crippen LogP contribution in [0.4, 0.5) is 5.69 Å². The average molecular weight is 322 g/mol. The number of rotatable bonds is 5. The van der Waals surface area contributed by atoms with Gasteiger partial charge in [0.25, 0.3) is 0 Å². The van der Waals surface area contributed by atoms with Crippen molar-refractivity contribution in [2.75, 3.05) is 5.32 Å². The van der Waals surface area contributed by atoms with Crippen molar-refractivity contribution in [1.82, 2.24) is 5.32 Å². The van der Waals surface area contributed by atoms with E-state index in [-0.39, 0.29) is 18.3 Å². The highest BCUT2D eigenvalue weighted by atomic mass is 35.5. The van der Waals surface area contributed by atoms with Gasteiger partial charge in [-0.25, -0.2) is 0 Å². The largest absolute Gasteiger partial charge is 0.373 e. The molecule has 2 rings (SSSR count). The average Bonchev–Trinajstić information content (AvgIpc) is 2.47. The maximum absolute atomic E-state index is 12.0. The molecule has 4 N–H and O–H groups in total. The zero-order valence-corrected chi connectivity index (χ0v) is 13.3. The van der Waals surface area contributed by atoms with Crippen molar-refractivity contribution in [3.8, 4) is 0 Å². The highest BCUT2D eigenvalue weighted by molar-refractivity contribution is 5.96. The first-order chi connectivity index (χ1) is 9.99. The van der Waals surface area contributed by atoms with Crippen LogP contribution >= 0.6 is 12.4 Å². The molecule has 2 aromatic carbocycles. The van der Waals surface area contributed by atoms with Gasteiger partial charge < -0.3 is 16.4 Å². The molecule has 6 heteroatoms. The van der Waals surface area contributed by atoms with E-state index in [0.29, 0.717) is 0 Å². The van der Waals surface area contributed by atoms with Crippen LogP contribution < -0.4 is 16.4 Å². The van der Waals surface area contributed by atoms with Gasteiger partial charge in [0, 0.05) is 11.1 Å². The Balaban J connectivity index is 0.00000242. The number of benzene rings is 2. The van der Waals surface area contributed by atoms with Crippen LogP contribution in [0.5, 0.6) is 0 Å². The molecule has 22 heavy (non-hydrogen) atoms. The number of primary amides is 1. The summed E-state index contributed by atoms with van der Waals surface area (Å²) in [5.74, 6) is -0.824. The lowest BCUT2D eigenvalue weighted by atomic mass is 10.1. The van der Waals surface area contributed by atoms with Gasteiger partial charge >= 0.3 is 0 Å². The van der Waals surface area contributed by atoms with E-state index in [1.165, 1.54) is 0 Å². The first-order valence-corrected chi connectivity index (χ1v) is 6.83. The third-order valence-electron chi connectivity index (χ3n) is 3.34. The lowest BCUT2D eigenvalue weighted by Crippen LogP contribution is -2.47. The summed E-state index contributed by atoms with van der Waals surface area (Å²) >= 11 is 0. The number of amides is 2. The molecular formula is C16H20ClN3O2. The zero-order chi connectivity index (χ0) is 15.4. The van der Waals surface area contributed by atoms with Crippen molar-refractivity contribution in [3.05, 3.63) is 42.5 Å². The van der Waals surface area contributed by atoms with Gasteiger partial charge in [-0.3, -0.25) is 9.59 Å². The molecule has 118 valence electrons. The van der Waals surface area contributed by atoms with E-state index < -0.39 is 18.0 Å². The number of nitrogens with one attached hydrogen (secondary N) is 2. The quantitative estimate of drug-likeness (QED) is 0.788. The fraction of sp³-hybridized carbons (Fsp3) is 0.250. The van der Waals surface area contributed by atoms with Gasteiger partial charge in [0.1, 0.15) is 12.1 Å². The normalized spacial score (nSPS) is 12.8. The summed E-state index contributed by atoms with van der Waals surface area (Å²) in [5, 5.41) is 7.88. The van der Waals surface area contributed by atoms with Crippen LogP contribution in [0.1, 0.15) is 13.8 Å². The van der Waals surface area contributed by atoms with Crippen molar-refractivity contribution in [1.29, 1.82) is 0 Å². The second-order valence-corrected chi connectivity index (χ2v) is 5.03. The molecule has 0 aromatic heterocycles. The number of nitrogens with two attached hydrogens (primary N) is 1. The van der Waals surface area contributed by atoms with Crippen molar-refractivity contribution in [2.24, 2.45) is 5.73 Å². The Morgan fingerprint density at radius 3 is 2.32 bits per heavy atom. The minimum absolute atomic E-state index is 0. The highest BCUT2D eigenvalue weighted by Crippen LogP contribution is 2.23. The van der Waals surface area contributed by atoms with Crippen LogP contribution in [0.2, 0.25) is 0 Å². The fourth-order valence-corrected chi connectivity index (χ4v) is 2.06. The molecule has 0 heterocycles. The van der Waals surface area contributed by atoms with Gasteiger partial charge in [-0.1, -0.05) is 36.4 Å². The van der Waals surface area contributed by atoms with Crippen molar-refractivity contribution >= 4 is 40.7 Å². The number of carbonyl (C=O) groups is 2. The highest BCUT2D eigenvalue weighted by Gasteiger charge is 2.18. The summed E-state index contributed by atoms with van der Waals surface area (Å²) < 4.78 is 0. The third kappa shape index (κ3) is 4.11. The maximum Gasteiger partial charge on any atom is 0.242 e. The fourth-order valence-electron chi connectivity index (χ4n) is 2.06. The van der Waals surface area contributed by atoms with Crippen molar-refractivity contribution < 1.29 is 9.59 Å². The SMILES string of the molecule is CC(NC(=O)C(C)Nc1cccc2ccccc12)C(N)=O.Cl. The Morgan fingerprint density at radius 2 is 1.64 bits per heavy atom. The summed E-state index contributed by atoms with van der Waals surface area (Å²) in [7, 11) is 0. The lowest BCUT2D eigenvalue weighted by molar-refractivity contribution is -0.127. The second-order valence-electron chi connectivity index (χ2n) is 5.03. The molecule has 0 aliphatic heterocycles. The van der Waals surface area contributed by atoms with Gasteiger partial charge in [0.05, 0.1) is 0 Å². The van der Waals surface area contributed by atoms with E-state index in [0.717, 1.165) is 16.5 Å². The molecule has 2 atom stereocenters. The first-order valence-electron chi connectivity index (χ1n) is 6.83. The van der Waals surface area contributed by atoms with Crippen LogP contribution in [0.15, 0.2) is 42.5 Å². The number of anilines is 1. The van der Waals surface area contributed by atoms with E-state index >= 15 is 0 Å². The van der Waals surface area contributed by atoms with Crippen LogP contribution in [0.3, 0.4) is 0 Å². The number of hydrogen-bond donors (Lipinski definition) is 3. The van der Waals surface area contributed by atoms with Crippen molar-refractivity contribution in [2.45, 2.75) is 25.9 Å². The molecule has 0 aliphatic carbocycles. The number of halogens is 1. The van der Waals surface area contributed by atoms with E-state index in [1.807, 2.05) is 42.5 Å². The molecular weight excluding hydrogens is 302 g/mol. The predicted molar refractivity (Wildman–Crippen MR) is 91.1 cm³/mol. The van der Waals surface area contributed by atoms with Gasteiger partial charge in [-0.15, -0.1) is 12.4 Å². The number of fused-ring (bicyclic) bond motifs is 1. The molecule has 0 saturated heterocycles. The van der Waals surface area contributed by atoms with E-state index in [2.05, 4.69) is 10.6 Å². The van der Waals surface area contributed by atoms with E-state index in [9.17, 15) is 9.59 Å². The van der Waals surface area contributed by atoms with Crippen LogP contribution in [0.25, 0.3) is 10.8 Å². The maximum atomic E-state index is 12.0. The molecule has 2 amide bonds. The molecule has 0 saturated carbocycles. The topological polar surface area (TPSA) is 84.2 Å². The van der Waals surface area contributed by atoms with Gasteiger partial charge in [0.15, 0.2) is 0 Å². The zero-order valence-electron chi connectivity index (χ0n) is 12.5. The summed E-state index contributed by atoms with van der Waals surface area (Å²) in [5.41, 5.74) is 6.01. The minimum Gasteiger partial charge on any atom is -0.373 e. The minimum atomic E-state index is -0.686. The summed E-state index contributed by atoms with van der Waals surface area (Å²) in [6, 6.07) is 12.6. The Morgan fingerprint density at radius 1 is 1.00 bits per heavy atom. The second kappa shape index (κ2) is 7.66. The molecule has 2 unspecified atom stereocenters. The molecule has 0 spiro atoms. The Labute approximate surface area is 135 Å². The summed E-state index contributed by atoms with van der Waals surface area (Å²) in [6.45, 7) is 3.30. The Hall–Kier alpha value is -2.27. The summed E-state index contributed by atoms with van der Waals surface area (Å²) in [6.07, 6.45) is 0.